The molecule has 42 heavy (non-hydrogen) atoms. The van der Waals surface area contributed by atoms with Gasteiger partial charge in [0.05, 0.1) is 16.3 Å². The average Bonchev–Trinajstić information content (AvgIpc) is 3.55. The normalized spacial score (nSPS) is 22.5. The largest absolute Gasteiger partial charge is 0.471 e. The molecule has 3 N–H and O–H groups in total. The molecule has 5 atom stereocenters. The van der Waals surface area contributed by atoms with Crippen molar-refractivity contribution in [2.24, 2.45) is 17.8 Å². The van der Waals surface area contributed by atoms with Crippen LogP contribution in [0.3, 0.4) is 0 Å². The van der Waals surface area contributed by atoms with Crippen LogP contribution in [0.5, 0.6) is 0 Å². The lowest BCUT2D eigenvalue weighted by molar-refractivity contribution is -0.175. The number of nitrogens with one attached hydrogen (secondary N) is 3. The number of Topliss-reactive ketones (excluding diaryl/α,β-unsaturated/α-hetero) is 1. The number of thiazole rings is 1. The number of para-hydroxylation sites is 1. The number of nitrogens with zero attached hydrogens (tertiary/aromatic N) is 2. The van der Waals surface area contributed by atoms with Crippen molar-refractivity contribution >= 4 is 51.0 Å². The Morgan fingerprint density at radius 1 is 1.14 bits per heavy atom. The van der Waals surface area contributed by atoms with E-state index in [4.69, 9.17) is 0 Å². The average molecular weight is 610 g/mol. The molecule has 10 nitrogen and oxygen atoms in total. The van der Waals surface area contributed by atoms with Gasteiger partial charge in [0.1, 0.15) is 12.1 Å². The number of carbonyl (C=O) groups is 5. The van der Waals surface area contributed by atoms with E-state index in [1.807, 2.05) is 19.1 Å². The summed E-state index contributed by atoms with van der Waals surface area (Å²) >= 11 is 1.17. The summed E-state index contributed by atoms with van der Waals surface area (Å²) in [6.45, 7) is 5.42. The summed E-state index contributed by atoms with van der Waals surface area (Å²) in [5, 5.41) is 7.42. The molecular formula is C28H34F3N5O5S. The molecule has 0 saturated carbocycles. The molecule has 0 unspecified atom stereocenters. The summed E-state index contributed by atoms with van der Waals surface area (Å²) in [7, 11) is 0. The predicted octanol–water partition coefficient (Wildman–Crippen LogP) is 2.82. The zero-order valence-electron chi connectivity index (χ0n) is 23.5. The molecule has 2 aromatic rings. The first-order valence-corrected chi connectivity index (χ1v) is 14.7. The highest BCUT2D eigenvalue weighted by Crippen LogP contribution is 2.28. The quantitative estimate of drug-likeness (QED) is 0.374. The lowest BCUT2D eigenvalue weighted by Gasteiger charge is -2.40. The number of hydrogen-bond acceptors (Lipinski definition) is 7. The number of amides is 4. The van der Waals surface area contributed by atoms with Crippen molar-refractivity contribution in [3.8, 4) is 0 Å². The zero-order valence-corrected chi connectivity index (χ0v) is 24.3. The highest BCUT2D eigenvalue weighted by Gasteiger charge is 2.45. The van der Waals surface area contributed by atoms with Gasteiger partial charge >= 0.3 is 12.1 Å². The SMILES string of the molecule is CC(C)[C@H](NC(=O)C(F)(F)F)C(=O)N1CC[C@@H](C)C[C@H]1C(=O)N[C@@H](C[C@@H]1CCNC1=O)C(=O)c1nc2ccccc2s1. The number of ketones is 1. The van der Waals surface area contributed by atoms with Crippen LogP contribution < -0.4 is 16.0 Å². The van der Waals surface area contributed by atoms with Gasteiger partial charge in [-0.15, -0.1) is 11.3 Å². The topological polar surface area (TPSA) is 138 Å². The van der Waals surface area contributed by atoms with E-state index >= 15 is 0 Å². The molecule has 2 aliphatic heterocycles. The fourth-order valence-electron chi connectivity index (χ4n) is 5.35. The predicted molar refractivity (Wildman–Crippen MR) is 148 cm³/mol. The van der Waals surface area contributed by atoms with Crippen LogP contribution in [0.2, 0.25) is 0 Å². The first-order valence-electron chi connectivity index (χ1n) is 13.9. The van der Waals surface area contributed by atoms with E-state index in [0.717, 1.165) is 4.70 Å². The number of fused-ring (bicyclic) bond motifs is 1. The van der Waals surface area contributed by atoms with Gasteiger partial charge in [0.15, 0.2) is 5.01 Å². The fraction of sp³-hybridized carbons (Fsp3) is 0.571. The number of carbonyl (C=O) groups excluding carboxylic acids is 5. The lowest BCUT2D eigenvalue weighted by Crippen LogP contribution is -2.61. The molecule has 228 valence electrons. The van der Waals surface area contributed by atoms with Gasteiger partial charge in [-0.25, -0.2) is 4.98 Å². The molecule has 14 heteroatoms. The van der Waals surface area contributed by atoms with Crippen molar-refractivity contribution < 1.29 is 37.1 Å². The Bertz CT molecular complexity index is 1330. The maximum absolute atomic E-state index is 13.8. The standard InChI is InChI=1S/C28H34F3N5O5S/c1-14(2)21(35-27(41)28(29,30)31)26(40)36-11-9-15(3)12-19(36)24(39)33-18(13-16-8-10-32-23(16)38)22(37)25-34-17-6-4-5-7-20(17)42-25/h4-7,14-16,18-19,21H,8-13H2,1-3H3,(H,32,38)(H,33,39)(H,35,41)/t15-,16+,18+,19+,21+/m1/s1. The molecule has 2 fully saturated rings. The Hall–Kier alpha value is -3.55. The maximum atomic E-state index is 13.8. The molecule has 4 rings (SSSR count). The van der Waals surface area contributed by atoms with E-state index in [1.54, 1.807) is 17.4 Å². The second kappa shape index (κ2) is 12.8. The first kappa shape index (κ1) is 31.4. The summed E-state index contributed by atoms with van der Waals surface area (Å²) in [6, 6.07) is 3.46. The minimum absolute atomic E-state index is 0.00564. The van der Waals surface area contributed by atoms with E-state index in [2.05, 4.69) is 15.6 Å². The van der Waals surface area contributed by atoms with Crippen molar-refractivity contribution in [1.29, 1.82) is 0 Å². The Morgan fingerprint density at radius 2 is 1.86 bits per heavy atom. The lowest BCUT2D eigenvalue weighted by atomic mass is 9.89. The van der Waals surface area contributed by atoms with Gasteiger partial charge in [-0.05, 0) is 49.7 Å². The molecule has 0 aliphatic carbocycles. The van der Waals surface area contributed by atoms with E-state index in [1.165, 1.54) is 30.1 Å². The van der Waals surface area contributed by atoms with Crippen molar-refractivity contribution in [1.82, 2.24) is 25.8 Å². The number of hydrogen-bond donors (Lipinski definition) is 3. The molecule has 2 aliphatic rings. The molecular weight excluding hydrogens is 575 g/mol. The van der Waals surface area contributed by atoms with Crippen LogP contribution in [0.1, 0.15) is 56.3 Å². The highest BCUT2D eigenvalue weighted by atomic mass is 32.1. The zero-order chi connectivity index (χ0) is 30.8. The second-order valence-corrected chi connectivity index (χ2v) is 12.3. The molecule has 0 radical (unpaired) electrons. The van der Waals surface area contributed by atoms with Crippen molar-refractivity contribution in [3.05, 3.63) is 29.3 Å². The minimum atomic E-state index is -5.18. The third-order valence-electron chi connectivity index (χ3n) is 7.75. The van der Waals surface area contributed by atoms with E-state index < -0.39 is 59.6 Å². The third kappa shape index (κ3) is 7.08. The van der Waals surface area contributed by atoms with Crippen LogP contribution in [0, 0.1) is 17.8 Å². The van der Waals surface area contributed by atoms with E-state index in [9.17, 15) is 37.1 Å². The maximum Gasteiger partial charge on any atom is 0.471 e. The molecule has 4 amide bonds. The second-order valence-electron chi connectivity index (χ2n) is 11.3. The van der Waals surface area contributed by atoms with E-state index in [0.29, 0.717) is 24.9 Å². The van der Waals surface area contributed by atoms with Gasteiger partial charge < -0.3 is 20.9 Å². The fourth-order valence-corrected chi connectivity index (χ4v) is 6.31. The smallest absolute Gasteiger partial charge is 0.356 e. The summed E-state index contributed by atoms with van der Waals surface area (Å²) in [5.41, 5.74) is 0.619. The number of piperidine rings is 1. The monoisotopic (exact) mass is 609 g/mol. The van der Waals surface area contributed by atoms with Crippen molar-refractivity contribution in [2.75, 3.05) is 13.1 Å². The van der Waals surface area contributed by atoms with Crippen LogP contribution in [0.25, 0.3) is 10.2 Å². The molecule has 3 heterocycles. The Morgan fingerprint density at radius 3 is 2.48 bits per heavy atom. The van der Waals surface area contributed by atoms with Crippen LogP contribution in [0.4, 0.5) is 13.2 Å². The highest BCUT2D eigenvalue weighted by molar-refractivity contribution is 7.20. The number of likely N-dealkylation sites (tertiary alicyclic amines) is 1. The van der Waals surface area contributed by atoms with Crippen molar-refractivity contribution in [3.63, 3.8) is 0 Å². The van der Waals surface area contributed by atoms with Crippen LogP contribution in [-0.2, 0) is 19.2 Å². The van der Waals surface area contributed by atoms with Crippen LogP contribution in [-0.4, -0.2) is 76.7 Å². The molecule has 0 spiro atoms. The Kier molecular flexibility index (Phi) is 9.53. The molecule has 2 saturated heterocycles. The number of rotatable bonds is 9. The van der Waals surface area contributed by atoms with Crippen molar-refractivity contribution in [2.45, 2.75) is 70.8 Å². The van der Waals surface area contributed by atoms with Crippen LogP contribution >= 0.6 is 11.3 Å². The van der Waals surface area contributed by atoms with E-state index in [-0.39, 0.29) is 36.2 Å². The summed E-state index contributed by atoms with van der Waals surface area (Å²) in [5.74, 6) is -5.60. The number of alkyl halides is 3. The van der Waals surface area contributed by atoms with Gasteiger partial charge in [0.25, 0.3) is 0 Å². The minimum Gasteiger partial charge on any atom is -0.356 e. The summed E-state index contributed by atoms with van der Waals surface area (Å²) in [4.78, 5) is 70.6. The van der Waals surface area contributed by atoms with Gasteiger partial charge in [0, 0.05) is 19.0 Å². The molecule has 0 bridgehead atoms. The number of halogens is 3. The third-order valence-corrected chi connectivity index (χ3v) is 8.80. The van der Waals surface area contributed by atoms with Crippen LogP contribution in [0.15, 0.2) is 24.3 Å². The summed E-state index contributed by atoms with van der Waals surface area (Å²) < 4.78 is 39.8. The van der Waals surface area contributed by atoms with Gasteiger partial charge in [0.2, 0.25) is 23.5 Å². The Labute approximate surface area is 244 Å². The van der Waals surface area contributed by atoms with Gasteiger partial charge in [-0.2, -0.15) is 13.2 Å². The first-order chi connectivity index (χ1) is 19.8. The number of benzene rings is 1. The molecule has 1 aromatic carbocycles. The van der Waals surface area contributed by atoms with Gasteiger partial charge in [-0.1, -0.05) is 32.9 Å². The Balaban J connectivity index is 1.59. The summed E-state index contributed by atoms with van der Waals surface area (Å²) in [6.07, 6.45) is -3.95. The molecule has 1 aromatic heterocycles. The number of aromatic nitrogens is 1. The van der Waals surface area contributed by atoms with Gasteiger partial charge in [-0.3, -0.25) is 24.0 Å².